The van der Waals surface area contributed by atoms with Crippen LogP contribution in [-0.2, 0) is 6.18 Å². The maximum absolute atomic E-state index is 13.0. The number of hydrogen-bond donors (Lipinski definition) is 3. The molecule has 0 aliphatic carbocycles. The third-order valence-corrected chi connectivity index (χ3v) is 4.43. The van der Waals surface area contributed by atoms with Crippen LogP contribution in [0.5, 0.6) is 5.75 Å². The Morgan fingerprint density at radius 3 is 2.62 bits per heavy atom. The minimum Gasteiger partial charge on any atom is -0.495 e. The number of ether oxygens (including phenoxy) is 1. The highest BCUT2D eigenvalue weighted by Gasteiger charge is 2.35. The van der Waals surface area contributed by atoms with Gasteiger partial charge in [0.1, 0.15) is 17.1 Å². The van der Waals surface area contributed by atoms with Gasteiger partial charge in [0.05, 0.1) is 12.8 Å². The number of nitrogens with zero attached hydrogens (tertiary/aromatic N) is 3. The number of alkyl halides is 3. The molecule has 1 fully saturated rings. The zero-order valence-electron chi connectivity index (χ0n) is 15.9. The van der Waals surface area contributed by atoms with Crippen molar-refractivity contribution in [1.82, 2.24) is 20.2 Å². The summed E-state index contributed by atoms with van der Waals surface area (Å²) in [5.41, 5.74) is -0.0841. The first-order valence-corrected chi connectivity index (χ1v) is 8.90. The molecule has 1 aromatic carbocycles. The van der Waals surface area contributed by atoms with E-state index < -0.39 is 11.7 Å². The lowest BCUT2D eigenvalue weighted by Gasteiger charge is -2.27. The van der Waals surface area contributed by atoms with E-state index in [1.807, 2.05) is 0 Å². The van der Waals surface area contributed by atoms with E-state index in [-0.39, 0.29) is 17.7 Å². The van der Waals surface area contributed by atoms with Crippen LogP contribution in [0, 0.1) is 0 Å². The summed E-state index contributed by atoms with van der Waals surface area (Å²) in [5, 5.41) is 8.44. The van der Waals surface area contributed by atoms with E-state index in [2.05, 4.69) is 25.9 Å². The second-order valence-corrected chi connectivity index (χ2v) is 6.29. The fourth-order valence-electron chi connectivity index (χ4n) is 2.94. The van der Waals surface area contributed by atoms with E-state index in [1.54, 1.807) is 23.1 Å². The van der Waals surface area contributed by atoms with Crippen LogP contribution in [-0.4, -0.2) is 61.1 Å². The van der Waals surface area contributed by atoms with Crippen molar-refractivity contribution in [3.8, 4) is 5.75 Å². The summed E-state index contributed by atoms with van der Waals surface area (Å²) in [5.74, 6) is -0.151. The van der Waals surface area contributed by atoms with E-state index in [1.165, 1.54) is 14.2 Å². The number of amides is 1. The van der Waals surface area contributed by atoms with E-state index >= 15 is 0 Å². The Hall–Kier alpha value is -3.08. The van der Waals surface area contributed by atoms with Crippen molar-refractivity contribution in [3.05, 3.63) is 35.5 Å². The molecule has 1 aliphatic rings. The van der Waals surface area contributed by atoms with Crippen LogP contribution in [0.1, 0.15) is 15.9 Å². The molecule has 0 radical (unpaired) electrons. The Bertz CT molecular complexity index is 884. The number of hydrogen-bond acceptors (Lipinski definition) is 7. The Morgan fingerprint density at radius 1 is 1.28 bits per heavy atom. The first kappa shape index (κ1) is 20.6. The van der Waals surface area contributed by atoms with Crippen molar-refractivity contribution in [1.29, 1.82) is 0 Å². The predicted octanol–water partition coefficient (Wildman–Crippen LogP) is 2.33. The highest BCUT2D eigenvalue weighted by Crippen LogP contribution is 2.34. The standard InChI is InChI=1S/C18H21F3N6O2/c1-22-15-12(18(19,20)21)10-24-17(26-15)25-13-4-3-11(9-14(13)29-2)16(28)27-7-5-23-6-8-27/h3-4,9-10,23H,5-8H2,1-2H3,(H2,22,24,25,26). The number of methoxy groups -OCH3 is 1. The number of aromatic nitrogens is 2. The van der Waals surface area contributed by atoms with Gasteiger partial charge in [0, 0.05) is 45.0 Å². The summed E-state index contributed by atoms with van der Waals surface area (Å²) in [6, 6.07) is 4.81. The number of nitrogens with one attached hydrogen (secondary N) is 3. The van der Waals surface area contributed by atoms with Crippen molar-refractivity contribution in [2.24, 2.45) is 0 Å². The molecule has 1 aliphatic heterocycles. The van der Waals surface area contributed by atoms with Gasteiger partial charge in [-0.05, 0) is 18.2 Å². The molecule has 3 rings (SSSR count). The second-order valence-electron chi connectivity index (χ2n) is 6.29. The molecule has 1 aromatic heterocycles. The normalized spacial score (nSPS) is 14.4. The Balaban J connectivity index is 1.83. The zero-order valence-corrected chi connectivity index (χ0v) is 15.9. The van der Waals surface area contributed by atoms with Gasteiger partial charge in [0.2, 0.25) is 5.95 Å². The van der Waals surface area contributed by atoms with E-state index in [0.717, 1.165) is 13.1 Å². The molecular formula is C18H21F3N6O2. The summed E-state index contributed by atoms with van der Waals surface area (Å²) in [6.45, 7) is 2.71. The van der Waals surface area contributed by atoms with Crippen LogP contribution in [0.25, 0.3) is 0 Å². The van der Waals surface area contributed by atoms with Crippen molar-refractivity contribution in [3.63, 3.8) is 0 Å². The monoisotopic (exact) mass is 410 g/mol. The van der Waals surface area contributed by atoms with Crippen molar-refractivity contribution in [2.45, 2.75) is 6.18 Å². The minimum absolute atomic E-state index is 0.0400. The molecule has 0 atom stereocenters. The van der Waals surface area contributed by atoms with Gasteiger partial charge in [-0.1, -0.05) is 0 Å². The lowest BCUT2D eigenvalue weighted by Crippen LogP contribution is -2.46. The summed E-state index contributed by atoms with van der Waals surface area (Å²) in [6.07, 6.45) is -3.86. The molecule has 0 unspecified atom stereocenters. The van der Waals surface area contributed by atoms with E-state index in [4.69, 9.17) is 4.74 Å². The molecule has 0 bridgehead atoms. The van der Waals surface area contributed by atoms with Gasteiger partial charge in [-0.2, -0.15) is 18.2 Å². The molecule has 0 saturated carbocycles. The molecular weight excluding hydrogens is 389 g/mol. The molecule has 11 heteroatoms. The number of carbonyl (C=O) groups is 1. The van der Waals surface area contributed by atoms with Crippen molar-refractivity contribution < 1.29 is 22.7 Å². The molecule has 3 N–H and O–H groups in total. The van der Waals surface area contributed by atoms with Crippen LogP contribution in [0.3, 0.4) is 0 Å². The topological polar surface area (TPSA) is 91.4 Å². The SMILES string of the molecule is CNc1nc(Nc2ccc(C(=O)N3CCNCC3)cc2OC)ncc1C(F)(F)F. The molecule has 0 spiro atoms. The third-order valence-electron chi connectivity index (χ3n) is 4.43. The summed E-state index contributed by atoms with van der Waals surface area (Å²) in [4.78, 5) is 22.0. The van der Waals surface area contributed by atoms with Gasteiger partial charge >= 0.3 is 6.18 Å². The Labute approximate surface area is 165 Å². The van der Waals surface area contributed by atoms with Crippen LogP contribution in [0.4, 0.5) is 30.6 Å². The third kappa shape index (κ3) is 4.67. The van der Waals surface area contributed by atoms with Crippen LogP contribution in [0.2, 0.25) is 0 Å². The van der Waals surface area contributed by atoms with E-state index in [0.29, 0.717) is 36.3 Å². The number of halogens is 3. The molecule has 1 amide bonds. The Kier molecular flexibility index (Phi) is 6.06. The lowest BCUT2D eigenvalue weighted by atomic mass is 10.1. The van der Waals surface area contributed by atoms with Crippen LogP contribution >= 0.6 is 0 Å². The number of rotatable bonds is 5. The highest BCUT2D eigenvalue weighted by molar-refractivity contribution is 5.95. The Morgan fingerprint density at radius 2 is 2.00 bits per heavy atom. The molecule has 156 valence electrons. The van der Waals surface area contributed by atoms with Gasteiger partial charge in [0.15, 0.2) is 0 Å². The smallest absolute Gasteiger partial charge is 0.421 e. The molecule has 8 nitrogen and oxygen atoms in total. The first-order chi connectivity index (χ1) is 13.8. The maximum atomic E-state index is 13.0. The average molecular weight is 410 g/mol. The van der Waals surface area contributed by atoms with Gasteiger partial charge in [0.25, 0.3) is 5.91 Å². The van der Waals surface area contributed by atoms with E-state index in [9.17, 15) is 18.0 Å². The molecule has 29 heavy (non-hydrogen) atoms. The van der Waals surface area contributed by atoms with Crippen LogP contribution in [0.15, 0.2) is 24.4 Å². The largest absolute Gasteiger partial charge is 0.495 e. The summed E-state index contributed by atoms with van der Waals surface area (Å²) < 4.78 is 44.3. The van der Waals surface area contributed by atoms with Gasteiger partial charge in [-0.15, -0.1) is 0 Å². The van der Waals surface area contributed by atoms with Crippen molar-refractivity contribution >= 4 is 23.4 Å². The predicted molar refractivity (Wildman–Crippen MR) is 102 cm³/mol. The van der Waals surface area contributed by atoms with Gasteiger partial charge in [-0.3, -0.25) is 4.79 Å². The zero-order chi connectivity index (χ0) is 21.0. The fourth-order valence-corrected chi connectivity index (χ4v) is 2.94. The molecule has 1 saturated heterocycles. The number of carbonyl (C=O) groups excluding carboxylic acids is 1. The highest BCUT2D eigenvalue weighted by atomic mass is 19.4. The second kappa shape index (κ2) is 8.52. The maximum Gasteiger partial charge on any atom is 0.421 e. The summed E-state index contributed by atoms with van der Waals surface area (Å²) in [7, 11) is 2.78. The lowest BCUT2D eigenvalue weighted by molar-refractivity contribution is -0.137. The minimum atomic E-state index is -4.57. The average Bonchev–Trinajstić information content (AvgIpc) is 2.73. The van der Waals surface area contributed by atoms with Crippen molar-refractivity contribution in [2.75, 3.05) is 51.0 Å². The van der Waals surface area contributed by atoms with Gasteiger partial charge < -0.3 is 25.6 Å². The quantitative estimate of drug-likeness (QED) is 0.697. The van der Waals surface area contributed by atoms with Gasteiger partial charge in [-0.25, -0.2) is 4.98 Å². The molecule has 2 heterocycles. The first-order valence-electron chi connectivity index (χ1n) is 8.90. The summed E-state index contributed by atoms with van der Waals surface area (Å²) >= 11 is 0. The molecule has 2 aromatic rings. The number of piperazine rings is 1. The fraction of sp³-hybridized carbons (Fsp3) is 0.389. The van der Waals surface area contributed by atoms with Crippen LogP contribution < -0.4 is 20.7 Å². The number of benzene rings is 1. The number of anilines is 3.